The lowest BCUT2D eigenvalue weighted by atomic mass is 9.74. The predicted molar refractivity (Wildman–Crippen MR) is 126 cm³/mol. The normalized spacial score (nSPS) is 24.7. The van der Waals surface area contributed by atoms with Crippen molar-refractivity contribution in [2.24, 2.45) is 17.3 Å². The highest BCUT2D eigenvalue weighted by Gasteiger charge is 2.47. The Labute approximate surface area is 191 Å². The third kappa shape index (κ3) is 4.67. The molecule has 3 atom stereocenters. The van der Waals surface area contributed by atoms with Crippen LogP contribution in [0.2, 0.25) is 0 Å². The molecular weight excluding hydrogens is 400 g/mol. The lowest BCUT2D eigenvalue weighted by Gasteiger charge is -2.42. The van der Waals surface area contributed by atoms with Gasteiger partial charge < -0.3 is 15.0 Å². The molecule has 170 valence electrons. The van der Waals surface area contributed by atoms with Crippen LogP contribution in [0.15, 0.2) is 48.5 Å². The second-order valence-corrected chi connectivity index (χ2v) is 9.42. The smallest absolute Gasteiger partial charge is 0.228 e. The van der Waals surface area contributed by atoms with Gasteiger partial charge in [-0.15, -0.1) is 0 Å². The maximum atomic E-state index is 13.2. The molecule has 5 nitrogen and oxygen atoms in total. The molecule has 1 N–H and O–H groups in total. The van der Waals surface area contributed by atoms with Crippen LogP contribution in [0.5, 0.6) is 5.75 Å². The highest BCUT2D eigenvalue weighted by molar-refractivity contribution is 5.86. The van der Waals surface area contributed by atoms with E-state index in [0.717, 1.165) is 48.2 Å². The van der Waals surface area contributed by atoms with Crippen LogP contribution in [-0.4, -0.2) is 43.5 Å². The first-order valence-corrected chi connectivity index (χ1v) is 11.8. The molecule has 0 aromatic heterocycles. The molecule has 2 aliphatic rings. The van der Waals surface area contributed by atoms with Crippen LogP contribution >= 0.6 is 0 Å². The zero-order valence-corrected chi connectivity index (χ0v) is 19.4. The molecule has 1 saturated heterocycles. The van der Waals surface area contributed by atoms with E-state index in [4.69, 9.17) is 4.74 Å². The number of rotatable bonds is 7. The fourth-order valence-corrected chi connectivity index (χ4v) is 4.97. The van der Waals surface area contributed by atoms with Crippen LogP contribution in [0, 0.1) is 17.3 Å². The van der Waals surface area contributed by atoms with Crippen molar-refractivity contribution in [2.75, 3.05) is 26.7 Å². The van der Waals surface area contributed by atoms with Crippen LogP contribution in [-0.2, 0) is 16.0 Å². The van der Waals surface area contributed by atoms with Crippen molar-refractivity contribution in [1.29, 1.82) is 0 Å². The zero-order chi connectivity index (χ0) is 22.7. The zero-order valence-electron chi connectivity index (χ0n) is 19.4. The summed E-state index contributed by atoms with van der Waals surface area (Å²) in [5, 5.41) is 3.05. The first kappa shape index (κ1) is 22.4. The van der Waals surface area contributed by atoms with Crippen LogP contribution in [0.4, 0.5) is 0 Å². The van der Waals surface area contributed by atoms with Gasteiger partial charge in [-0.3, -0.25) is 9.59 Å². The lowest BCUT2D eigenvalue weighted by Crippen LogP contribution is -2.54. The quantitative estimate of drug-likeness (QED) is 0.707. The van der Waals surface area contributed by atoms with Crippen LogP contribution in [0.3, 0.4) is 0 Å². The third-order valence-corrected chi connectivity index (χ3v) is 7.05. The number of benzene rings is 2. The van der Waals surface area contributed by atoms with Gasteiger partial charge in [0, 0.05) is 25.6 Å². The summed E-state index contributed by atoms with van der Waals surface area (Å²) < 4.78 is 5.25. The average molecular weight is 435 g/mol. The molecule has 0 spiro atoms. The summed E-state index contributed by atoms with van der Waals surface area (Å²) in [4.78, 5) is 28.1. The molecule has 1 heterocycles. The minimum atomic E-state index is -0.566. The van der Waals surface area contributed by atoms with Crippen molar-refractivity contribution in [3.8, 4) is 16.9 Å². The van der Waals surface area contributed by atoms with Crippen molar-refractivity contribution in [3.05, 3.63) is 54.1 Å². The molecule has 1 aliphatic heterocycles. The fourth-order valence-electron chi connectivity index (χ4n) is 4.97. The summed E-state index contributed by atoms with van der Waals surface area (Å²) in [6, 6.07) is 16.5. The predicted octanol–water partition coefficient (Wildman–Crippen LogP) is 4.31. The van der Waals surface area contributed by atoms with E-state index in [0.29, 0.717) is 25.4 Å². The van der Waals surface area contributed by atoms with E-state index in [2.05, 4.69) is 36.5 Å². The standard InChI is InChI=1S/C27H34N2O3/c1-4-28-26(31)27(14-5-15-29(18-27)25(30)24-16-19(24)2)17-20-6-8-21(9-7-20)22-10-12-23(32-3)13-11-22/h6-13,19,24H,4-5,14-18H2,1-3H3,(H,28,31)/t19-,24+,27-/m0/s1. The van der Waals surface area contributed by atoms with Crippen molar-refractivity contribution < 1.29 is 14.3 Å². The maximum Gasteiger partial charge on any atom is 0.228 e. The van der Waals surface area contributed by atoms with Crippen LogP contribution in [0.25, 0.3) is 11.1 Å². The third-order valence-electron chi connectivity index (χ3n) is 7.05. The first-order valence-electron chi connectivity index (χ1n) is 11.8. The number of methoxy groups -OCH3 is 1. The van der Waals surface area contributed by atoms with Gasteiger partial charge >= 0.3 is 0 Å². The van der Waals surface area contributed by atoms with E-state index in [-0.39, 0.29) is 17.7 Å². The largest absolute Gasteiger partial charge is 0.497 e. The molecule has 2 fully saturated rings. The maximum absolute atomic E-state index is 13.2. The van der Waals surface area contributed by atoms with Gasteiger partial charge in [0.2, 0.25) is 11.8 Å². The van der Waals surface area contributed by atoms with Crippen molar-refractivity contribution >= 4 is 11.8 Å². The molecule has 1 saturated carbocycles. The van der Waals surface area contributed by atoms with E-state index >= 15 is 0 Å². The Morgan fingerprint density at radius 2 is 1.72 bits per heavy atom. The van der Waals surface area contributed by atoms with E-state index in [1.165, 1.54) is 0 Å². The van der Waals surface area contributed by atoms with Gasteiger partial charge in [0.15, 0.2) is 0 Å². The Morgan fingerprint density at radius 1 is 1.09 bits per heavy atom. The fraction of sp³-hybridized carbons (Fsp3) is 0.481. The summed E-state index contributed by atoms with van der Waals surface area (Å²) in [6.07, 6.45) is 3.30. The molecule has 2 aromatic rings. The van der Waals surface area contributed by atoms with Gasteiger partial charge in [-0.25, -0.2) is 0 Å². The van der Waals surface area contributed by atoms with Crippen molar-refractivity contribution in [3.63, 3.8) is 0 Å². The van der Waals surface area contributed by atoms with Crippen LogP contribution in [0.1, 0.15) is 38.7 Å². The van der Waals surface area contributed by atoms with Gasteiger partial charge in [0.1, 0.15) is 5.75 Å². The second-order valence-electron chi connectivity index (χ2n) is 9.42. The number of carbonyl (C=O) groups is 2. The molecule has 4 rings (SSSR count). The molecule has 0 unspecified atom stereocenters. The number of hydrogen-bond acceptors (Lipinski definition) is 3. The van der Waals surface area contributed by atoms with Crippen LogP contribution < -0.4 is 10.1 Å². The van der Waals surface area contributed by atoms with Gasteiger partial charge in [0.25, 0.3) is 0 Å². The second kappa shape index (κ2) is 9.35. The number of piperidine rings is 1. The Morgan fingerprint density at radius 3 is 2.28 bits per heavy atom. The summed E-state index contributed by atoms with van der Waals surface area (Å²) in [7, 11) is 1.67. The number of amides is 2. The summed E-state index contributed by atoms with van der Waals surface area (Å²) in [5.41, 5.74) is 2.82. The van der Waals surface area contributed by atoms with Gasteiger partial charge in [-0.2, -0.15) is 0 Å². The molecule has 32 heavy (non-hydrogen) atoms. The van der Waals surface area contributed by atoms with Crippen molar-refractivity contribution in [2.45, 2.75) is 39.5 Å². The van der Waals surface area contributed by atoms with Gasteiger partial charge in [-0.1, -0.05) is 43.3 Å². The van der Waals surface area contributed by atoms with E-state index in [9.17, 15) is 9.59 Å². The van der Waals surface area contributed by atoms with Gasteiger partial charge in [-0.05, 0) is 67.3 Å². The number of nitrogens with one attached hydrogen (secondary N) is 1. The molecule has 0 radical (unpaired) electrons. The highest BCUT2D eigenvalue weighted by Crippen LogP contribution is 2.42. The summed E-state index contributed by atoms with van der Waals surface area (Å²) in [6.45, 7) is 5.96. The number of nitrogens with zero attached hydrogens (tertiary/aromatic N) is 1. The number of carbonyl (C=O) groups excluding carboxylic acids is 2. The number of ether oxygens (including phenoxy) is 1. The molecule has 2 amide bonds. The summed E-state index contributed by atoms with van der Waals surface area (Å²) >= 11 is 0. The monoisotopic (exact) mass is 434 g/mol. The Balaban J connectivity index is 1.53. The van der Waals surface area contributed by atoms with E-state index < -0.39 is 5.41 Å². The molecular formula is C27H34N2O3. The van der Waals surface area contributed by atoms with E-state index in [1.807, 2.05) is 36.1 Å². The molecule has 1 aliphatic carbocycles. The minimum absolute atomic E-state index is 0.0700. The Bertz CT molecular complexity index is 954. The number of hydrogen-bond donors (Lipinski definition) is 1. The average Bonchev–Trinajstić information content (AvgIpc) is 3.56. The van der Waals surface area contributed by atoms with Crippen molar-refractivity contribution in [1.82, 2.24) is 10.2 Å². The SMILES string of the molecule is CCNC(=O)[C@]1(Cc2ccc(-c3ccc(OC)cc3)cc2)CCCN(C(=O)[C@@H]2C[C@@H]2C)C1. The number of likely N-dealkylation sites (tertiary alicyclic amines) is 1. The van der Waals surface area contributed by atoms with E-state index in [1.54, 1.807) is 7.11 Å². The minimum Gasteiger partial charge on any atom is -0.497 e. The van der Waals surface area contributed by atoms with Gasteiger partial charge in [0.05, 0.1) is 12.5 Å². The lowest BCUT2D eigenvalue weighted by molar-refractivity contribution is -0.142. The first-order chi connectivity index (χ1) is 15.5. The molecule has 0 bridgehead atoms. The topological polar surface area (TPSA) is 58.6 Å². The Hall–Kier alpha value is -2.82. The molecule has 5 heteroatoms. The Kier molecular flexibility index (Phi) is 6.54. The molecule has 2 aromatic carbocycles. The summed E-state index contributed by atoms with van der Waals surface area (Å²) in [5.74, 6) is 1.78. The highest BCUT2D eigenvalue weighted by atomic mass is 16.5.